The smallest absolute Gasteiger partial charge is 0.141 e. The number of Topliss-reactive ketones (excluding diaryl/α,β-unsaturated/α-hetero) is 1. The number of hydrogen-bond donors (Lipinski definition) is 1. The molecule has 1 fully saturated rings. The van der Waals surface area contributed by atoms with Crippen molar-refractivity contribution >= 4 is 5.78 Å². The van der Waals surface area contributed by atoms with Crippen LogP contribution in [0.15, 0.2) is 24.3 Å². The van der Waals surface area contributed by atoms with Crippen LogP contribution in [0.1, 0.15) is 31.4 Å². The van der Waals surface area contributed by atoms with Crippen LogP contribution in [0, 0.1) is 5.92 Å². The van der Waals surface area contributed by atoms with Crippen LogP contribution in [-0.2, 0) is 17.6 Å². The van der Waals surface area contributed by atoms with E-state index in [0.717, 1.165) is 24.9 Å². The van der Waals surface area contributed by atoms with E-state index >= 15 is 0 Å². The molecule has 0 saturated carbocycles. The predicted octanol–water partition coefficient (Wildman–Crippen LogP) is 2.36. The van der Waals surface area contributed by atoms with Crippen LogP contribution in [-0.4, -0.2) is 18.4 Å². The molecular formula is C15H21NO. The zero-order valence-electron chi connectivity index (χ0n) is 10.7. The van der Waals surface area contributed by atoms with E-state index in [4.69, 9.17) is 0 Å². The highest BCUT2D eigenvalue weighted by Crippen LogP contribution is 2.18. The molecule has 1 N–H and O–H groups in total. The summed E-state index contributed by atoms with van der Waals surface area (Å²) in [5, 5.41) is 3.33. The molecule has 0 amide bonds. The van der Waals surface area contributed by atoms with Crippen molar-refractivity contribution < 1.29 is 4.79 Å². The Hall–Kier alpha value is -1.15. The van der Waals surface area contributed by atoms with Crippen LogP contribution < -0.4 is 5.32 Å². The molecule has 1 aromatic rings. The molecule has 2 atom stereocenters. The first-order chi connectivity index (χ1) is 8.20. The van der Waals surface area contributed by atoms with Crippen molar-refractivity contribution in [1.82, 2.24) is 5.32 Å². The Morgan fingerprint density at radius 3 is 2.47 bits per heavy atom. The SMILES string of the molecule is CCc1ccc(CC(=O)C2CCNC2C)cc1. The van der Waals surface area contributed by atoms with Gasteiger partial charge in [0, 0.05) is 18.4 Å². The molecule has 0 aliphatic carbocycles. The topological polar surface area (TPSA) is 29.1 Å². The Bertz CT molecular complexity index is 382. The molecule has 2 heteroatoms. The second-order valence-corrected chi connectivity index (χ2v) is 4.95. The Kier molecular flexibility index (Phi) is 3.95. The highest BCUT2D eigenvalue weighted by Gasteiger charge is 2.28. The Labute approximate surface area is 103 Å². The van der Waals surface area contributed by atoms with Crippen LogP contribution in [0.4, 0.5) is 0 Å². The van der Waals surface area contributed by atoms with E-state index in [0.29, 0.717) is 18.2 Å². The number of ketones is 1. The fraction of sp³-hybridized carbons (Fsp3) is 0.533. The first kappa shape index (κ1) is 12.3. The molecule has 17 heavy (non-hydrogen) atoms. The van der Waals surface area contributed by atoms with Crippen LogP contribution >= 0.6 is 0 Å². The molecule has 1 aliphatic heterocycles. The summed E-state index contributed by atoms with van der Waals surface area (Å²) < 4.78 is 0. The Morgan fingerprint density at radius 1 is 1.29 bits per heavy atom. The highest BCUT2D eigenvalue weighted by atomic mass is 16.1. The van der Waals surface area contributed by atoms with Gasteiger partial charge in [-0.05, 0) is 37.4 Å². The van der Waals surface area contributed by atoms with Crippen LogP contribution in [0.2, 0.25) is 0 Å². The van der Waals surface area contributed by atoms with E-state index < -0.39 is 0 Å². The fourth-order valence-corrected chi connectivity index (χ4v) is 2.52. The van der Waals surface area contributed by atoms with E-state index in [1.165, 1.54) is 5.56 Å². The minimum absolute atomic E-state index is 0.209. The summed E-state index contributed by atoms with van der Waals surface area (Å²) in [6, 6.07) is 8.77. The van der Waals surface area contributed by atoms with Crippen molar-refractivity contribution in [2.24, 2.45) is 5.92 Å². The highest BCUT2D eigenvalue weighted by molar-refractivity contribution is 5.84. The molecule has 2 unspecified atom stereocenters. The fourth-order valence-electron chi connectivity index (χ4n) is 2.52. The average molecular weight is 231 g/mol. The molecule has 2 nitrogen and oxygen atoms in total. The first-order valence-corrected chi connectivity index (χ1v) is 6.54. The van der Waals surface area contributed by atoms with E-state index in [2.05, 4.69) is 43.4 Å². The van der Waals surface area contributed by atoms with Gasteiger partial charge in [0.25, 0.3) is 0 Å². The van der Waals surface area contributed by atoms with E-state index in [9.17, 15) is 4.79 Å². The number of hydrogen-bond acceptors (Lipinski definition) is 2. The van der Waals surface area contributed by atoms with E-state index in [-0.39, 0.29) is 5.92 Å². The molecule has 92 valence electrons. The number of benzene rings is 1. The van der Waals surface area contributed by atoms with Gasteiger partial charge >= 0.3 is 0 Å². The zero-order valence-corrected chi connectivity index (χ0v) is 10.7. The maximum atomic E-state index is 12.1. The van der Waals surface area contributed by atoms with Gasteiger partial charge in [-0.1, -0.05) is 31.2 Å². The van der Waals surface area contributed by atoms with Crippen molar-refractivity contribution in [3.8, 4) is 0 Å². The largest absolute Gasteiger partial charge is 0.314 e. The Morgan fingerprint density at radius 2 is 1.94 bits per heavy atom. The maximum Gasteiger partial charge on any atom is 0.141 e. The summed E-state index contributed by atoms with van der Waals surface area (Å²) in [6.07, 6.45) is 2.63. The average Bonchev–Trinajstić information content (AvgIpc) is 2.76. The quantitative estimate of drug-likeness (QED) is 0.862. The summed E-state index contributed by atoms with van der Waals surface area (Å²) in [4.78, 5) is 12.1. The van der Waals surface area contributed by atoms with Crippen molar-refractivity contribution in [3.05, 3.63) is 35.4 Å². The maximum absolute atomic E-state index is 12.1. The lowest BCUT2D eigenvalue weighted by Gasteiger charge is -2.13. The van der Waals surface area contributed by atoms with Gasteiger partial charge < -0.3 is 5.32 Å². The molecule has 2 rings (SSSR count). The third-order valence-corrected chi connectivity index (χ3v) is 3.75. The third-order valence-electron chi connectivity index (χ3n) is 3.75. The van der Waals surface area contributed by atoms with Gasteiger partial charge in [0.05, 0.1) is 0 Å². The predicted molar refractivity (Wildman–Crippen MR) is 70.1 cm³/mol. The van der Waals surface area contributed by atoms with Crippen LogP contribution in [0.25, 0.3) is 0 Å². The summed E-state index contributed by atoms with van der Waals surface area (Å²) in [5.41, 5.74) is 2.48. The van der Waals surface area contributed by atoms with Crippen LogP contribution in [0.5, 0.6) is 0 Å². The van der Waals surface area contributed by atoms with E-state index in [1.807, 2.05) is 0 Å². The van der Waals surface area contributed by atoms with Crippen molar-refractivity contribution in [2.75, 3.05) is 6.54 Å². The summed E-state index contributed by atoms with van der Waals surface area (Å²) in [5.74, 6) is 0.590. The first-order valence-electron chi connectivity index (χ1n) is 6.54. The number of rotatable bonds is 4. The second-order valence-electron chi connectivity index (χ2n) is 4.95. The van der Waals surface area contributed by atoms with Crippen molar-refractivity contribution in [3.63, 3.8) is 0 Å². The molecular weight excluding hydrogens is 210 g/mol. The minimum Gasteiger partial charge on any atom is -0.314 e. The summed E-state index contributed by atoms with van der Waals surface area (Å²) in [7, 11) is 0. The second kappa shape index (κ2) is 5.46. The summed E-state index contributed by atoms with van der Waals surface area (Å²) in [6.45, 7) is 5.23. The molecule has 0 aromatic heterocycles. The standard InChI is InChI=1S/C15H21NO/c1-3-12-4-6-13(7-5-12)10-15(17)14-8-9-16-11(14)2/h4-7,11,14,16H,3,8-10H2,1-2H3. The number of aryl methyl sites for hydroxylation is 1. The number of carbonyl (C=O) groups is 1. The van der Waals surface area contributed by atoms with Crippen molar-refractivity contribution in [2.45, 2.75) is 39.2 Å². The Balaban J connectivity index is 1.97. The van der Waals surface area contributed by atoms with Gasteiger partial charge in [0.2, 0.25) is 0 Å². The van der Waals surface area contributed by atoms with Gasteiger partial charge in [-0.25, -0.2) is 0 Å². The molecule has 0 bridgehead atoms. The van der Waals surface area contributed by atoms with Gasteiger partial charge in [0.1, 0.15) is 5.78 Å². The molecule has 1 aliphatic rings. The normalized spacial score (nSPS) is 23.9. The van der Waals surface area contributed by atoms with Gasteiger partial charge in [-0.2, -0.15) is 0 Å². The molecule has 0 radical (unpaired) electrons. The van der Waals surface area contributed by atoms with Gasteiger partial charge in [0.15, 0.2) is 0 Å². The van der Waals surface area contributed by atoms with Gasteiger partial charge in [-0.3, -0.25) is 4.79 Å². The third kappa shape index (κ3) is 2.95. The molecule has 0 spiro atoms. The van der Waals surface area contributed by atoms with Gasteiger partial charge in [-0.15, -0.1) is 0 Å². The van der Waals surface area contributed by atoms with E-state index in [1.54, 1.807) is 0 Å². The zero-order chi connectivity index (χ0) is 12.3. The molecule has 1 saturated heterocycles. The number of nitrogens with one attached hydrogen (secondary N) is 1. The lowest BCUT2D eigenvalue weighted by molar-refractivity contribution is -0.122. The monoisotopic (exact) mass is 231 g/mol. The lowest BCUT2D eigenvalue weighted by Crippen LogP contribution is -2.29. The molecule has 1 aromatic carbocycles. The molecule has 1 heterocycles. The lowest BCUT2D eigenvalue weighted by atomic mass is 9.92. The number of carbonyl (C=O) groups excluding carboxylic acids is 1. The summed E-state index contributed by atoms with van der Waals surface area (Å²) >= 11 is 0. The van der Waals surface area contributed by atoms with Crippen LogP contribution in [0.3, 0.4) is 0 Å². The minimum atomic E-state index is 0.209. The van der Waals surface area contributed by atoms with Crippen molar-refractivity contribution in [1.29, 1.82) is 0 Å².